The van der Waals surface area contributed by atoms with E-state index in [9.17, 15) is 5.11 Å². The van der Waals surface area contributed by atoms with Gasteiger partial charge in [-0.1, -0.05) is 13.8 Å². The number of aromatic hydroxyl groups is 1. The van der Waals surface area contributed by atoms with E-state index >= 15 is 0 Å². The molecular formula is C12H20ClNO3. The van der Waals surface area contributed by atoms with Crippen molar-refractivity contribution >= 4 is 12.4 Å². The van der Waals surface area contributed by atoms with Gasteiger partial charge >= 0.3 is 0 Å². The number of halogens is 1. The van der Waals surface area contributed by atoms with Crippen molar-refractivity contribution in [1.82, 2.24) is 5.32 Å². The highest BCUT2D eigenvalue weighted by Gasteiger charge is 2.10. The van der Waals surface area contributed by atoms with E-state index in [-0.39, 0.29) is 18.2 Å². The van der Waals surface area contributed by atoms with Gasteiger partial charge in [-0.25, -0.2) is 0 Å². The standard InChI is InChI=1S/C12H19NO3.ClH/c1-8(2)13-7-9-5-10(15-3)12(14)11(6-9)16-4;/h5-6,8,13-14H,7H2,1-4H3;1H. The molecule has 0 heterocycles. The Balaban J connectivity index is 0.00000256. The second-order valence-electron chi connectivity index (χ2n) is 3.88. The minimum atomic E-state index is 0. The van der Waals surface area contributed by atoms with Crippen LogP contribution in [0.2, 0.25) is 0 Å². The smallest absolute Gasteiger partial charge is 0.200 e. The molecule has 0 aliphatic carbocycles. The summed E-state index contributed by atoms with van der Waals surface area (Å²) in [6.45, 7) is 4.87. The predicted molar refractivity (Wildman–Crippen MR) is 70.4 cm³/mol. The van der Waals surface area contributed by atoms with E-state index in [2.05, 4.69) is 19.2 Å². The van der Waals surface area contributed by atoms with Crippen LogP contribution in [-0.2, 0) is 6.54 Å². The van der Waals surface area contributed by atoms with Gasteiger partial charge in [-0.3, -0.25) is 0 Å². The summed E-state index contributed by atoms with van der Waals surface area (Å²) in [4.78, 5) is 0. The monoisotopic (exact) mass is 261 g/mol. The van der Waals surface area contributed by atoms with Gasteiger partial charge in [0.1, 0.15) is 0 Å². The van der Waals surface area contributed by atoms with Gasteiger partial charge in [-0.15, -0.1) is 12.4 Å². The summed E-state index contributed by atoms with van der Waals surface area (Å²) in [7, 11) is 3.04. The van der Waals surface area contributed by atoms with E-state index in [1.54, 1.807) is 12.1 Å². The average molecular weight is 262 g/mol. The molecule has 0 radical (unpaired) electrons. The van der Waals surface area contributed by atoms with Gasteiger partial charge in [0.2, 0.25) is 5.75 Å². The second kappa shape index (κ2) is 7.25. The summed E-state index contributed by atoms with van der Waals surface area (Å²) in [6, 6.07) is 4.01. The van der Waals surface area contributed by atoms with Gasteiger partial charge < -0.3 is 19.9 Å². The van der Waals surface area contributed by atoms with Crippen LogP contribution in [0.1, 0.15) is 19.4 Å². The number of rotatable bonds is 5. The highest BCUT2D eigenvalue weighted by molar-refractivity contribution is 5.85. The third-order valence-corrected chi connectivity index (χ3v) is 2.25. The molecule has 1 rings (SSSR count). The quantitative estimate of drug-likeness (QED) is 0.854. The van der Waals surface area contributed by atoms with Crippen molar-refractivity contribution in [3.63, 3.8) is 0 Å². The Kier molecular flexibility index (Phi) is 6.76. The third kappa shape index (κ3) is 4.32. The molecule has 1 aromatic rings. The molecule has 0 aliphatic rings. The Morgan fingerprint density at radius 2 is 1.65 bits per heavy atom. The summed E-state index contributed by atoms with van der Waals surface area (Å²) in [5.41, 5.74) is 1.01. The number of ether oxygens (including phenoxy) is 2. The molecule has 0 saturated heterocycles. The van der Waals surface area contributed by atoms with Crippen molar-refractivity contribution in [2.75, 3.05) is 14.2 Å². The van der Waals surface area contributed by atoms with Crippen LogP contribution in [0.4, 0.5) is 0 Å². The molecule has 0 spiro atoms. The van der Waals surface area contributed by atoms with Crippen molar-refractivity contribution in [2.45, 2.75) is 26.4 Å². The van der Waals surface area contributed by atoms with Crippen LogP contribution in [0.15, 0.2) is 12.1 Å². The summed E-state index contributed by atoms with van der Waals surface area (Å²) in [5, 5.41) is 13.0. The molecule has 0 aromatic heterocycles. The molecular weight excluding hydrogens is 242 g/mol. The van der Waals surface area contributed by atoms with Crippen molar-refractivity contribution in [3.05, 3.63) is 17.7 Å². The molecule has 4 nitrogen and oxygen atoms in total. The fourth-order valence-electron chi connectivity index (χ4n) is 1.37. The average Bonchev–Trinajstić information content (AvgIpc) is 2.27. The summed E-state index contributed by atoms with van der Waals surface area (Å²) in [6.07, 6.45) is 0. The van der Waals surface area contributed by atoms with E-state index < -0.39 is 0 Å². The lowest BCUT2D eigenvalue weighted by molar-refractivity contribution is 0.339. The Labute approximate surface area is 108 Å². The lowest BCUT2D eigenvalue weighted by Crippen LogP contribution is -2.21. The molecule has 0 saturated carbocycles. The van der Waals surface area contributed by atoms with E-state index in [1.807, 2.05) is 0 Å². The lowest BCUT2D eigenvalue weighted by atomic mass is 10.1. The maximum Gasteiger partial charge on any atom is 0.200 e. The number of nitrogens with one attached hydrogen (secondary N) is 1. The molecule has 98 valence electrons. The zero-order valence-electron chi connectivity index (χ0n) is 10.6. The molecule has 17 heavy (non-hydrogen) atoms. The fraction of sp³-hybridized carbons (Fsp3) is 0.500. The Morgan fingerprint density at radius 1 is 1.18 bits per heavy atom. The first kappa shape index (κ1) is 15.9. The third-order valence-electron chi connectivity index (χ3n) is 2.25. The van der Waals surface area contributed by atoms with Gasteiger partial charge in [-0.05, 0) is 17.7 Å². The summed E-state index contributed by atoms with van der Waals surface area (Å²) < 4.78 is 10.2. The molecule has 0 unspecified atom stereocenters. The highest BCUT2D eigenvalue weighted by Crippen LogP contribution is 2.36. The number of phenolic OH excluding ortho intramolecular Hbond substituents is 1. The molecule has 0 fully saturated rings. The van der Waals surface area contributed by atoms with E-state index in [0.717, 1.165) is 5.56 Å². The molecule has 2 N–H and O–H groups in total. The van der Waals surface area contributed by atoms with E-state index in [1.165, 1.54) is 14.2 Å². The van der Waals surface area contributed by atoms with Crippen molar-refractivity contribution in [1.29, 1.82) is 0 Å². The van der Waals surface area contributed by atoms with Crippen LogP contribution in [0.25, 0.3) is 0 Å². The molecule has 0 amide bonds. The van der Waals surface area contributed by atoms with Crippen LogP contribution in [0.5, 0.6) is 17.2 Å². The van der Waals surface area contributed by atoms with Crippen LogP contribution in [-0.4, -0.2) is 25.4 Å². The fourth-order valence-corrected chi connectivity index (χ4v) is 1.37. The van der Waals surface area contributed by atoms with Gasteiger partial charge in [0.15, 0.2) is 11.5 Å². The maximum absolute atomic E-state index is 9.72. The molecule has 0 aliphatic heterocycles. The Morgan fingerprint density at radius 3 is 2.00 bits per heavy atom. The van der Waals surface area contributed by atoms with Gasteiger partial charge in [-0.2, -0.15) is 0 Å². The topological polar surface area (TPSA) is 50.7 Å². The largest absolute Gasteiger partial charge is 0.502 e. The molecule has 5 heteroatoms. The first-order chi connectivity index (χ1) is 7.58. The number of phenols is 1. The first-order valence-electron chi connectivity index (χ1n) is 5.25. The summed E-state index contributed by atoms with van der Waals surface area (Å²) >= 11 is 0. The lowest BCUT2D eigenvalue weighted by Gasteiger charge is -2.13. The molecule has 0 atom stereocenters. The normalized spacial score (nSPS) is 9.94. The number of benzene rings is 1. The number of hydrogen-bond acceptors (Lipinski definition) is 4. The zero-order chi connectivity index (χ0) is 12.1. The molecule has 1 aromatic carbocycles. The van der Waals surface area contributed by atoms with E-state index in [4.69, 9.17) is 9.47 Å². The number of methoxy groups -OCH3 is 2. The van der Waals surface area contributed by atoms with Crippen molar-refractivity contribution in [2.24, 2.45) is 0 Å². The van der Waals surface area contributed by atoms with Gasteiger partial charge in [0.25, 0.3) is 0 Å². The SMILES string of the molecule is COc1cc(CNC(C)C)cc(OC)c1O.Cl. The van der Waals surface area contributed by atoms with Gasteiger partial charge in [0.05, 0.1) is 14.2 Å². The van der Waals surface area contributed by atoms with Crippen LogP contribution in [0, 0.1) is 0 Å². The second-order valence-corrected chi connectivity index (χ2v) is 3.88. The number of hydrogen-bond donors (Lipinski definition) is 2. The van der Waals surface area contributed by atoms with E-state index in [0.29, 0.717) is 24.1 Å². The van der Waals surface area contributed by atoms with Gasteiger partial charge in [0, 0.05) is 12.6 Å². The zero-order valence-corrected chi connectivity index (χ0v) is 11.4. The summed E-state index contributed by atoms with van der Waals surface area (Å²) in [5.74, 6) is 0.901. The molecule has 0 bridgehead atoms. The maximum atomic E-state index is 9.72. The van der Waals surface area contributed by atoms with Crippen molar-refractivity contribution in [3.8, 4) is 17.2 Å². The van der Waals surface area contributed by atoms with Crippen LogP contribution in [0.3, 0.4) is 0 Å². The minimum Gasteiger partial charge on any atom is -0.502 e. The Hall–Kier alpha value is -1.13. The minimum absolute atomic E-state index is 0. The van der Waals surface area contributed by atoms with Crippen molar-refractivity contribution < 1.29 is 14.6 Å². The first-order valence-corrected chi connectivity index (χ1v) is 5.25. The van der Waals surface area contributed by atoms with Crippen LogP contribution >= 0.6 is 12.4 Å². The van der Waals surface area contributed by atoms with Crippen LogP contribution < -0.4 is 14.8 Å². The Bertz CT molecular complexity index is 331. The highest BCUT2D eigenvalue weighted by atomic mass is 35.5. The predicted octanol–water partition coefficient (Wildman–Crippen LogP) is 2.33.